The predicted octanol–water partition coefficient (Wildman–Crippen LogP) is 5.08. The molecule has 0 unspecified atom stereocenters. The highest BCUT2D eigenvalue weighted by Crippen LogP contribution is 2.44. The minimum Gasteiger partial charge on any atom is -0.497 e. The van der Waals surface area contributed by atoms with Crippen LogP contribution in [-0.4, -0.2) is 52.5 Å². The molecule has 4 aromatic rings. The molecule has 1 amide bonds. The second-order valence-corrected chi connectivity index (χ2v) is 11.4. The number of nitrogens with zero attached hydrogens (tertiary/aromatic N) is 2. The Kier molecular flexibility index (Phi) is 6.81. The van der Waals surface area contributed by atoms with E-state index in [2.05, 4.69) is 9.62 Å². The van der Waals surface area contributed by atoms with Crippen LogP contribution in [0.15, 0.2) is 102 Å². The molecule has 0 radical (unpaired) electrons. The maximum absolute atomic E-state index is 13.8. The smallest absolute Gasteiger partial charge is 0.261 e. The van der Waals surface area contributed by atoms with Gasteiger partial charge in [-0.05, 0) is 60.7 Å². The summed E-state index contributed by atoms with van der Waals surface area (Å²) in [6.07, 6.45) is 0. The largest absolute Gasteiger partial charge is 0.497 e. The number of benzene rings is 4. The summed E-state index contributed by atoms with van der Waals surface area (Å²) in [5.41, 5.74) is 3.23. The van der Waals surface area contributed by atoms with E-state index in [0.29, 0.717) is 37.6 Å². The second kappa shape index (κ2) is 10.6. The number of para-hydroxylation sites is 2. The van der Waals surface area contributed by atoms with Crippen LogP contribution < -0.4 is 19.1 Å². The third-order valence-corrected chi connectivity index (χ3v) is 8.77. The van der Waals surface area contributed by atoms with Gasteiger partial charge in [0.2, 0.25) is 5.91 Å². The molecule has 1 fully saturated rings. The normalized spacial score (nSPS) is 15.0. The van der Waals surface area contributed by atoms with E-state index in [-0.39, 0.29) is 10.8 Å². The minimum absolute atomic E-state index is 0.0751. The number of piperazine rings is 1. The standard InChI is InChI=1S/C31H29N3O5S/c1-38-24-14-16-25(17-15-24)40(36,37)32-22-10-12-23(13-11-22)33-18-20-34(21-19-33)31(35)30-26-6-2-4-8-28(26)39-29-9-5-3-7-27(29)30/h2-17,30,32H,18-21H2,1H3. The molecule has 0 spiro atoms. The number of hydrogen-bond donors (Lipinski definition) is 1. The molecule has 0 aliphatic carbocycles. The molecule has 2 aliphatic heterocycles. The Labute approximate surface area is 233 Å². The molecule has 4 aromatic carbocycles. The quantitative estimate of drug-likeness (QED) is 0.357. The highest BCUT2D eigenvalue weighted by atomic mass is 32.2. The highest BCUT2D eigenvalue weighted by molar-refractivity contribution is 7.92. The van der Waals surface area contributed by atoms with Crippen molar-refractivity contribution in [3.8, 4) is 17.2 Å². The Hall–Kier alpha value is -4.50. The van der Waals surface area contributed by atoms with Crippen LogP contribution in [0.3, 0.4) is 0 Å². The molecule has 2 heterocycles. The van der Waals surface area contributed by atoms with Gasteiger partial charge in [-0.3, -0.25) is 9.52 Å². The van der Waals surface area contributed by atoms with Gasteiger partial charge in [-0.2, -0.15) is 0 Å². The molecule has 6 rings (SSSR count). The van der Waals surface area contributed by atoms with Gasteiger partial charge < -0.3 is 19.3 Å². The third kappa shape index (κ3) is 4.96. The van der Waals surface area contributed by atoms with Crippen molar-refractivity contribution in [1.29, 1.82) is 0 Å². The van der Waals surface area contributed by atoms with E-state index in [1.54, 1.807) is 24.3 Å². The average Bonchev–Trinajstić information content (AvgIpc) is 3.00. The lowest BCUT2D eigenvalue weighted by atomic mass is 9.86. The van der Waals surface area contributed by atoms with Gasteiger partial charge in [0.25, 0.3) is 10.0 Å². The summed E-state index contributed by atoms with van der Waals surface area (Å²) in [5, 5.41) is 0. The van der Waals surface area contributed by atoms with E-state index in [4.69, 9.17) is 9.47 Å². The van der Waals surface area contributed by atoms with Crippen molar-refractivity contribution in [2.45, 2.75) is 10.8 Å². The third-order valence-electron chi connectivity index (χ3n) is 7.37. The lowest BCUT2D eigenvalue weighted by Gasteiger charge is -2.38. The summed E-state index contributed by atoms with van der Waals surface area (Å²) in [4.78, 5) is 18.1. The molecule has 2 aliphatic rings. The Morgan fingerprint density at radius 3 is 1.95 bits per heavy atom. The maximum atomic E-state index is 13.8. The lowest BCUT2D eigenvalue weighted by molar-refractivity contribution is -0.132. The van der Waals surface area contributed by atoms with Crippen molar-refractivity contribution >= 4 is 27.3 Å². The average molecular weight is 556 g/mol. The van der Waals surface area contributed by atoms with Crippen molar-refractivity contribution in [3.63, 3.8) is 0 Å². The van der Waals surface area contributed by atoms with Crippen LogP contribution in [0, 0.1) is 0 Å². The lowest BCUT2D eigenvalue weighted by Crippen LogP contribution is -2.50. The summed E-state index contributed by atoms with van der Waals surface area (Å²) in [6.45, 7) is 2.53. The molecule has 40 heavy (non-hydrogen) atoms. The van der Waals surface area contributed by atoms with Gasteiger partial charge in [-0.1, -0.05) is 36.4 Å². The van der Waals surface area contributed by atoms with Crippen LogP contribution in [0.25, 0.3) is 0 Å². The van der Waals surface area contributed by atoms with Crippen LogP contribution in [0.4, 0.5) is 11.4 Å². The fourth-order valence-electron chi connectivity index (χ4n) is 5.25. The van der Waals surface area contributed by atoms with Crippen molar-refractivity contribution in [2.24, 2.45) is 0 Å². The van der Waals surface area contributed by atoms with Gasteiger partial charge >= 0.3 is 0 Å². The maximum Gasteiger partial charge on any atom is 0.261 e. The molecule has 9 heteroatoms. The number of sulfonamides is 1. The van der Waals surface area contributed by atoms with E-state index >= 15 is 0 Å². The van der Waals surface area contributed by atoms with E-state index in [0.717, 1.165) is 28.3 Å². The summed E-state index contributed by atoms with van der Waals surface area (Å²) < 4.78 is 39.3. The van der Waals surface area contributed by atoms with Gasteiger partial charge in [-0.15, -0.1) is 0 Å². The molecule has 1 saturated heterocycles. The Morgan fingerprint density at radius 2 is 1.38 bits per heavy atom. The molecule has 1 N–H and O–H groups in total. The number of ether oxygens (including phenoxy) is 2. The molecule has 0 atom stereocenters. The van der Waals surface area contributed by atoms with Gasteiger partial charge in [0.15, 0.2) is 0 Å². The number of nitrogens with one attached hydrogen (secondary N) is 1. The number of amides is 1. The Bertz CT molecular complexity index is 1590. The zero-order valence-electron chi connectivity index (χ0n) is 22.0. The number of methoxy groups -OCH3 is 1. The monoisotopic (exact) mass is 555 g/mol. The van der Waals surface area contributed by atoms with Gasteiger partial charge in [0.05, 0.1) is 17.9 Å². The summed E-state index contributed by atoms with van der Waals surface area (Å²) >= 11 is 0. The van der Waals surface area contributed by atoms with E-state index in [1.165, 1.54) is 19.2 Å². The van der Waals surface area contributed by atoms with Crippen LogP contribution in [-0.2, 0) is 14.8 Å². The van der Waals surface area contributed by atoms with E-state index < -0.39 is 15.9 Å². The molecule has 0 saturated carbocycles. The van der Waals surface area contributed by atoms with Crippen molar-refractivity contribution in [3.05, 3.63) is 108 Å². The second-order valence-electron chi connectivity index (χ2n) is 9.75. The van der Waals surface area contributed by atoms with Crippen LogP contribution in [0.1, 0.15) is 17.0 Å². The zero-order chi connectivity index (χ0) is 27.7. The number of carbonyl (C=O) groups excluding carboxylic acids is 1. The van der Waals surface area contributed by atoms with Crippen molar-refractivity contribution in [2.75, 3.05) is 42.9 Å². The SMILES string of the molecule is COc1ccc(S(=O)(=O)Nc2ccc(N3CCN(C(=O)C4c5ccccc5Oc5ccccc54)CC3)cc2)cc1. The number of anilines is 2. The minimum atomic E-state index is -3.72. The fraction of sp³-hybridized carbons (Fsp3) is 0.194. The predicted molar refractivity (Wildman–Crippen MR) is 154 cm³/mol. The zero-order valence-corrected chi connectivity index (χ0v) is 22.8. The molecule has 0 aromatic heterocycles. The van der Waals surface area contributed by atoms with E-state index in [1.807, 2.05) is 65.6 Å². The first-order chi connectivity index (χ1) is 19.4. The van der Waals surface area contributed by atoms with Crippen LogP contribution in [0.5, 0.6) is 17.2 Å². The van der Waals surface area contributed by atoms with Crippen molar-refractivity contribution in [1.82, 2.24) is 4.90 Å². The van der Waals surface area contributed by atoms with Crippen LogP contribution >= 0.6 is 0 Å². The first kappa shape index (κ1) is 25.8. The molecule has 0 bridgehead atoms. The Balaban J connectivity index is 1.11. The molecule has 8 nitrogen and oxygen atoms in total. The topological polar surface area (TPSA) is 88.2 Å². The molecule has 204 valence electrons. The Morgan fingerprint density at radius 1 is 0.800 bits per heavy atom. The summed E-state index contributed by atoms with van der Waals surface area (Å²) in [5.74, 6) is 1.71. The fourth-order valence-corrected chi connectivity index (χ4v) is 6.31. The first-order valence-corrected chi connectivity index (χ1v) is 14.6. The van der Waals surface area contributed by atoms with Gasteiger partial charge in [0.1, 0.15) is 17.2 Å². The molecular weight excluding hydrogens is 526 g/mol. The summed E-state index contributed by atoms with van der Waals surface area (Å²) in [7, 11) is -2.19. The summed E-state index contributed by atoms with van der Waals surface area (Å²) in [6, 6.07) is 29.0. The number of fused-ring (bicyclic) bond motifs is 2. The first-order valence-electron chi connectivity index (χ1n) is 13.1. The van der Waals surface area contributed by atoms with Crippen LogP contribution in [0.2, 0.25) is 0 Å². The van der Waals surface area contributed by atoms with Crippen molar-refractivity contribution < 1.29 is 22.7 Å². The van der Waals surface area contributed by atoms with E-state index in [9.17, 15) is 13.2 Å². The van der Waals surface area contributed by atoms with Gasteiger partial charge in [-0.25, -0.2) is 8.42 Å². The number of carbonyl (C=O) groups is 1. The molecular formula is C31H29N3O5S. The highest BCUT2D eigenvalue weighted by Gasteiger charge is 2.36. The van der Waals surface area contributed by atoms with Gasteiger partial charge in [0, 0.05) is 48.7 Å². The number of hydrogen-bond acceptors (Lipinski definition) is 6. The number of rotatable bonds is 6.